The molecule has 0 amide bonds. The molecule has 0 aromatic carbocycles. The van der Waals surface area contributed by atoms with Crippen LogP contribution in [0.15, 0.2) is 5.38 Å². The van der Waals surface area contributed by atoms with E-state index in [4.69, 9.17) is 0 Å². The van der Waals surface area contributed by atoms with Crippen molar-refractivity contribution in [2.24, 2.45) is 0 Å². The van der Waals surface area contributed by atoms with Crippen LogP contribution in [0.3, 0.4) is 0 Å². The van der Waals surface area contributed by atoms with Gasteiger partial charge >= 0.3 is 0 Å². The van der Waals surface area contributed by atoms with Gasteiger partial charge in [0.1, 0.15) is 0 Å². The third-order valence-corrected chi connectivity index (χ3v) is 5.40. The van der Waals surface area contributed by atoms with Gasteiger partial charge in [0.05, 0.1) is 16.8 Å². The highest BCUT2D eigenvalue weighted by Gasteiger charge is 2.37. The van der Waals surface area contributed by atoms with Crippen molar-refractivity contribution in [1.29, 1.82) is 0 Å². The average molecular weight is 282 g/mol. The number of aryl methyl sites for hydroxylation is 1. The van der Waals surface area contributed by atoms with E-state index in [0.29, 0.717) is 6.42 Å². The minimum Gasteiger partial charge on any atom is -0.391 e. The number of thiazole rings is 1. The Morgan fingerprint density at radius 3 is 2.63 bits per heavy atom. The molecule has 108 valence electrons. The van der Waals surface area contributed by atoms with Gasteiger partial charge in [0.25, 0.3) is 0 Å². The standard InChI is InChI=1S/C15H26N2OS/c1-4-15(3,17-8-6-5-7-9-17)14(18)10-13-11-19-12(2)16-13/h11,14,18H,4-10H2,1-3H3. The molecule has 3 nitrogen and oxygen atoms in total. The summed E-state index contributed by atoms with van der Waals surface area (Å²) in [7, 11) is 0. The minimum atomic E-state index is -0.336. The highest BCUT2D eigenvalue weighted by Crippen LogP contribution is 2.29. The Balaban J connectivity index is 2.06. The maximum absolute atomic E-state index is 10.7. The molecule has 0 aliphatic carbocycles. The van der Waals surface area contributed by atoms with Gasteiger partial charge in [-0.25, -0.2) is 4.98 Å². The Morgan fingerprint density at radius 1 is 1.42 bits per heavy atom. The van der Waals surface area contributed by atoms with Crippen LogP contribution in [-0.4, -0.2) is 39.7 Å². The predicted octanol–water partition coefficient (Wildman–Crippen LogP) is 3.01. The molecule has 1 N–H and O–H groups in total. The molecule has 1 fully saturated rings. The number of hydrogen-bond acceptors (Lipinski definition) is 4. The van der Waals surface area contributed by atoms with Crippen LogP contribution in [-0.2, 0) is 6.42 Å². The first-order chi connectivity index (χ1) is 9.06. The predicted molar refractivity (Wildman–Crippen MR) is 80.7 cm³/mol. The van der Waals surface area contributed by atoms with E-state index >= 15 is 0 Å². The third-order valence-electron chi connectivity index (χ3n) is 4.58. The maximum Gasteiger partial charge on any atom is 0.0897 e. The van der Waals surface area contributed by atoms with Crippen molar-refractivity contribution in [3.05, 3.63) is 16.1 Å². The lowest BCUT2D eigenvalue weighted by atomic mass is 9.85. The van der Waals surface area contributed by atoms with Crippen molar-refractivity contribution in [2.45, 2.75) is 64.5 Å². The van der Waals surface area contributed by atoms with E-state index in [-0.39, 0.29) is 11.6 Å². The molecular weight excluding hydrogens is 256 g/mol. The second kappa shape index (κ2) is 6.33. The number of nitrogens with zero attached hydrogens (tertiary/aromatic N) is 2. The van der Waals surface area contributed by atoms with E-state index in [2.05, 4.69) is 29.1 Å². The van der Waals surface area contributed by atoms with E-state index in [0.717, 1.165) is 30.2 Å². The molecule has 1 aliphatic rings. The lowest BCUT2D eigenvalue weighted by Gasteiger charge is -2.46. The molecule has 2 rings (SSSR count). The molecule has 2 unspecified atom stereocenters. The third kappa shape index (κ3) is 3.36. The summed E-state index contributed by atoms with van der Waals surface area (Å²) in [4.78, 5) is 6.97. The van der Waals surface area contributed by atoms with E-state index in [1.54, 1.807) is 11.3 Å². The zero-order valence-electron chi connectivity index (χ0n) is 12.4. The second-order valence-electron chi connectivity index (χ2n) is 5.84. The first kappa shape index (κ1) is 14.9. The largest absolute Gasteiger partial charge is 0.391 e. The van der Waals surface area contributed by atoms with Crippen LogP contribution in [0.5, 0.6) is 0 Å². The van der Waals surface area contributed by atoms with Crippen molar-refractivity contribution in [3.8, 4) is 0 Å². The van der Waals surface area contributed by atoms with Crippen LogP contribution in [0.25, 0.3) is 0 Å². The minimum absolute atomic E-state index is 0.113. The number of piperidine rings is 1. The molecular formula is C15H26N2OS. The highest BCUT2D eigenvalue weighted by molar-refractivity contribution is 7.09. The fraction of sp³-hybridized carbons (Fsp3) is 0.800. The molecule has 1 aliphatic heterocycles. The topological polar surface area (TPSA) is 36.4 Å². The Hall–Kier alpha value is -0.450. The first-order valence-electron chi connectivity index (χ1n) is 7.40. The molecule has 0 saturated carbocycles. The first-order valence-corrected chi connectivity index (χ1v) is 8.28. The molecule has 1 aromatic rings. The monoisotopic (exact) mass is 282 g/mol. The summed E-state index contributed by atoms with van der Waals surface area (Å²) in [5.74, 6) is 0. The summed E-state index contributed by atoms with van der Waals surface area (Å²) in [6, 6.07) is 0. The summed E-state index contributed by atoms with van der Waals surface area (Å²) in [6.07, 6.45) is 5.17. The van der Waals surface area contributed by atoms with Crippen LogP contribution in [0.2, 0.25) is 0 Å². The highest BCUT2D eigenvalue weighted by atomic mass is 32.1. The van der Waals surface area contributed by atoms with Gasteiger partial charge in [-0.1, -0.05) is 13.3 Å². The molecule has 2 heterocycles. The van der Waals surface area contributed by atoms with Gasteiger partial charge in [0.15, 0.2) is 0 Å². The summed E-state index contributed by atoms with van der Waals surface area (Å²) in [6.45, 7) is 8.66. The van der Waals surface area contributed by atoms with Crippen LogP contribution < -0.4 is 0 Å². The zero-order chi connectivity index (χ0) is 13.9. The Bertz CT molecular complexity index is 401. The smallest absolute Gasteiger partial charge is 0.0897 e. The molecule has 1 aromatic heterocycles. The van der Waals surface area contributed by atoms with Crippen molar-refractivity contribution in [3.63, 3.8) is 0 Å². The quantitative estimate of drug-likeness (QED) is 0.902. The van der Waals surface area contributed by atoms with Crippen molar-refractivity contribution >= 4 is 11.3 Å². The SMILES string of the molecule is CCC(C)(C(O)Cc1csc(C)n1)N1CCCCC1. The normalized spacial score (nSPS) is 22.1. The molecule has 4 heteroatoms. The van der Waals surface area contributed by atoms with Gasteiger partial charge in [-0.15, -0.1) is 11.3 Å². The Labute approximate surface area is 120 Å². The number of hydrogen-bond donors (Lipinski definition) is 1. The Morgan fingerprint density at radius 2 is 2.11 bits per heavy atom. The van der Waals surface area contributed by atoms with Crippen molar-refractivity contribution < 1.29 is 5.11 Å². The second-order valence-corrected chi connectivity index (χ2v) is 6.90. The molecule has 19 heavy (non-hydrogen) atoms. The summed E-state index contributed by atoms with van der Waals surface area (Å²) >= 11 is 1.66. The van der Waals surface area contributed by atoms with Gasteiger partial charge in [-0.05, 0) is 46.2 Å². The average Bonchev–Trinajstić information content (AvgIpc) is 2.84. The number of aliphatic hydroxyl groups is 1. The zero-order valence-corrected chi connectivity index (χ0v) is 13.2. The fourth-order valence-electron chi connectivity index (χ4n) is 2.99. The van der Waals surface area contributed by atoms with E-state index in [1.165, 1.54) is 19.3 Å². The van der Waals surface area contributed by atoms with Crippen molar-refractivity contribution in [1.82, 2.24) is 9.88 Å². The summed E-state index contributed by atoms with van der Waals surface area (Å²) in [5, 5.41) is 13.9. The van der Waals surface area contributed by atoms with Crippen LogP contribution in [0, 0.1) is 6.92 Å². The molecule has 1 saturated heterocycles. The summed E-state index contributed by atoms with van der Waals surface area (Å²) in [5.41, 5.74) is 0.921. The van der Waals surface area contributed by atoms with Gasteiger partial charge < -0.3 is 5.11 Å². The molecule has 0 bridgehead atoms. The molecule has 0 radical (unpaired) electrons. The summed E-state index contributed by atoms with van der Waals surface area (Å²) < 4.78 is 0. The molecule has 0 spiro atoms. The van der Waals surface area contributed by atoms with Gasteiger partial charge in [0.2, 0.25) is 0 Å². The van der Waals surface area contributed by atoms with E-state index in [9.17, 15) is 5.11 Å². The lowest BCUT2D eigenvalue weighted by molar-refractivity contribution is -0.0332. The van der Waals surface area contributed by atoms with E-state index < -0.39 is 0 Å². The van der Waals surface area contributed by atoms with Crippen LogP contribution in [0.1, 0.15) is 50.2 Å². The van der Waals surface area contributed by atoms with Crippen LogP contribution >= 0.6 is 11.3 Å². The van der Waals surface area contributed by atoms with Crippen molar-refractivity contribution in [2.75, 3.05) is 13.1 Å². The number of aromatic nitrogens is 1. The Kier molecular flexibility index (Phi) is 4.98. The number of likely N-dealkylation sites (tertiary alicyclic amines) is 1. The maximum atomic E-state index is 10.7. The number of aliphatic hydroxyl groups excluding tert-OH is 1. The van der Waals surface area contributed by atoms with E-state index in [1.807, 2.05) is 6.92 Å². The van der Waals surface area contributed by atoms with Gasteiger partial charge in [-0.3, -0.25) is 4.90 Å². The van der Waals surface area contributed by atoms with Gasteiger partial charge in [0, 0.05) is 17.3 Å². The van der Waals surface area contributed by atoms with Crippen LogP contribution in [0.4, 0.5) is 0 Å². The lowest BCUT2D eigenvalue weighted by Crippen LogP contribution is -2.56. The van der Waals surface area contributed by atoms with Gasteiger partial charge in [-0.2, -0.15) is 0 Å². The molecule has 2 atom stereocenters. The fourth-order valence-corrected chi connectivity index (χ4v) is 3.62. The number of rotatable bonds is 5.